The highest BCUT2D eigenvalue weighted by atomic mass is 35.6. The fraction of sp³-hybridized carbons (Fsp3) is 0.667. The largest absolute Gasteiger partial charge is 0.465 e. The van der Waals surface area contributed by atoms with Gasteiger partial charge in [-0.1, -0.05) is 131 Å². The molecule has 0 fully saturated rings. The molecule has 0 unspecified atom stereocenters. The van der Waals surface area contributed by atoms with Gasteiger partial charge >= 0.3 is 5.97 Å². The minimum absolute atomic E-state index is 0.0777. The van der Waals surface area contributed by atoms with Crippen molar-refractivity contribution in [2.24, 2.45) is 0 Å². The Bertz CT molecular complexity index is 822. The van der Waals surface area contributed by atoms with Crippen LogP contribution in [0.3, 0.4) is 0 Å². The number of para-hydroxylation sites is 1. The number of thiocarbonyl (C=S) groups is 1. The van der Waals surface area contributed by atoms with E-state index in [4.69, 9.17) is 51.8 Å². The fourth-order valence-corrected chi connectivity index (χ4v) is 4.46. The van der Waals surface area contributed by atoms with E-state index in [0.717, 1.165) is 19.3 Å². The van der Waals surface area contributed by atoms with Gasteiger partial charge in [0.15, 0.2) is 5.11 Å². The number of hydrogen-bond donors (Lipinski definition) is 3. The smallest absolute Gasteiger partial charge is 0.339 e. The lowest BCUT2D eigenvalue weighted by Crippen LogP contribution is -2.56. The molecule has 0 aliphatic heterocycles. The fourth-order valence-electron chi connectivity index (χ4n) is 3.91. The minimum atomic E-state index is -1.85. The zero-order chi connectivity index (χ0) is 27.5. The van der Waals surface area contributed by atoms with E-state index in [1.165, 1.54) is 71.3 Å². The molecule has 37 heavy (non-hydrogen) atoms. The summed E-state index contributed by atoms with van der Waals surface area (Å²) in [6, 6.07) is 6.70. The lowest BCUT2D eigenvalue weighted by molar-refractivity contribution is -0.122. The first-order valence-corrected chi connectivity index (χ1v) is 14.8. The monoisotopic (exact) mass is 593 g/mol. The van der Waals surface area contributed by atoms with Crippen LogP contribution >= 0.6 is 47.0 Å². The molecule has 10 heteroatoms. The maximum Gasteiger partial charge on any atom is 0.339 e. The number of unbranched alkanes of at least 4 members (excludes halogenated alkanes) is 12. The molecule has 1 atom stereocenters. The van der Waals surface area contributed by atoms with E-state index in [0.29, 0.717) is 17.7 Å². The second-order valence-corrected chi connectivity index (χ2v) is 11.9. The van der Waals surface area contributed by atoms with Gasteiger partial charge in [0.1, 0.15) is 6.17 Å². The molecular weight excluding hydrogens is 553 g/mol. The Hall–Kier alpha value is -1.28. The minimum Gasteiger partial charge on any atom is -0.465 e. The Kier molecular flexibility index (Phi) is 18.0. The van der Waals surface area contributed by atoms with Crippen LogP contribution in [0, 0.1) is 0 Å². The highest BCUT2D eigenvalue weighted by Crippen LogP contribution is 2.29. The number of hydrogen-bond acceptors (Lipinski definition) is 4. The zero-order valence-corrected chi connectivity index (χ0v) is 25.1. The molecular formula is C27H42Cl3N3O3S. The maximum atomic E-state index is 12.5. The summed E-state index contributed by atoms with van der Waals surface area (Å²) in [6.45, 7) is 2.25. The number of carbonyl (C=O) groups is 2. The van der Waals surface area contributed by atoms with Crippen LogP contribution in [0.2, 0.25) is 0 Å². The van der Waals surface area contributed by atoms with Gasteiger partial charge in [-0.25, -0.2) is 4.79 Å². The van der Waals surface area contributed by atoms with Crippen molar-refractivity contribution in [1.82, 2.24) is 10.6 Å². The first-order valence-electron chi connectivity index (χ1n) is 13.3. The van der Waals surface area contributed by atoms with Crippen molar-refractivity contribution in [3.05, 3.63) is 29.8 Å². The molecule has 1 rings (SSSR count). The Labute approximate surface area is 242 Å². The van der Waals surface area contributed by atoms with Crippen molar-refractivity contribution >= 4 is 69.7 Å². The number of anilines is 1. The molecule has 0 heterocycles. The van der Waals surface area contributed by atoms with E-state index < -0.39 is 15.9 Å². The van der Waals surface area contributed by atoms with Crippen LogP contribution in [0.5, 0.6) is 0 Å². The van der Waals surface area contributed by atoms with Crippen molar-refractivity contribution < 1.29 is 14.3 Å². The molecule has 0 aliphatic carbocycles. The molecule has 0 saturated heterocycles. The summed E-state index contributed by atoms with van der Waals surface area (Å²) in [5, 5.41) is 8.48. The SMILES string of the molecule is CCCCCCCCCCCCCCCC(=O)N[C@@H](NC(=S)Nc1ccccc1C(=O)OC)C(Cl)(Cl)Cl. The molecule has 1 aromatic carbocycles. The third kappa shape index (κ3) is 15.7. The predicted molar refractivity (Wildman–Crippen MR) is 160 cm³/mol. The summed E-state index contributed by atoms with van der Waals surface area (Å²) in [4.78, 5) is 24.4. The lowest BCUT2D eigenvalue weighted by Gasteiger charge is -2.28. The molecule has 3 N–H and O–H groups in total. The van der Waals surface area contributed by atoms with Gasteiger partial charge in [0.2, 0.25) is 9.70 Å². The highest BCUT2D eigenvalue weighted by molar-refractivity contribution is 7.80. The van der Waals surface area contributed by atoms with Crippen molar-refractivity contribution in [3.8, 4) is 0 Å². The van der Waals surface area contributed by atoms with Crippen LogP contribution in [-0.2, 0) is 9.53 Å². The van der Waals surface area contributed by atoms with Gasteiger partial charge < -0.3 is 20.7 Å². The van der Waals surface area contributed by atoms with Gasteiger partial charge in [-0.05, 0) is 30.8 Å². The number of esters is 1. The number of rotatable bonds is 18. The van der Waals surface area contributed by atoms with Gasteiger partial charge in [-0.2, -0.15) is 0 Å². The molecule has 1 aromatic rings. The molecule has 0 aromatic heterocycles. The third-order valence-electron chi connectivity index (χ3n) is 6.00. The normalized spacial score (nSPS) is 12.0. The number of methoxy groups -OCH3 is 1. The number of halogens is 3. The second kappa shape index (κ2) is 19.7. The second-order valence-electron chi connectivity index (χ2n) is 9.17. The van der Waals surface area contributed by atoms with Crippen LogP contribution in [0.1, 0.15) is 107 Å². The summed E-state index contributed by atoms with van der Waals surface area (Å²) in [6.07, 6.45) is 15.3. The molecule has 6 nitrogen and oxygen atoms in total. The molecule has 0 bridgehead atoms. The first kappa shape index (κ1) is 33.7. The van der Waals surface area contributed by atoms with Gasteiger partial charge in [-0.3, -0.25) is 4.79 Å². The van der Waals surface area contributed by atoms with Gasteiger partial charge in [0.25, 0.3) is 0 Å². The average Bonchev–Trinajstić information content (AvgIpc) is 2.85. The molecule has 0 spiro atoms. The summed E-state index contributed by atoms with van der Waals surface area (Å²) in [7, 11) is 1.29. The van der Waals surface area contributed by atoms with Crippen LogP contribution in [0.4, 0.5) is 5.69 Å². The van der Waals surface area contributed by atoms with Gasteiger partial charge in [0, 0.05) is 6.42 Å². The molecule has 210 valence electrons. The van der Waals surface area contributed by atoms with Crippen LogP contribution in [0.15, 0.2) is 24.3 Å². The van der Waals surface area contributed by atoms with Gasteiger partial charge in [0.05, 0.1) is 18.4 Å². The molecule has 0 radical (unpaired) electrons. The Morgan fingerprint density at radius 1 is 0.865 bits per heavy atom. The van der Waals surface area contributed by atoms with Crippen LogP contribution in [0.25, 0.3) is 0 Å². The van der Waals surface area contributed by atoms with E-state index >= 15 is 0 Å². The summed E-state index contributed by atoms with van der Waals surface area (Å²) >= 11 is 23.5. The number of carbonyl (C=O) groups excluding carboxylic acids is 2. The van der Waals surface area contributed by atoms with Crippen molar-refractivity contribution in [2.75, 3.05) is 12.4 Å². The Morgan fingerprint density at radius 3 is 1.89 bits per heavy atom. The summed E-state index contributed by atoms with van der Waals surface area (Å²) < 4.78 is 2.93. The van der Waals surface area contributed by atoms with Crippen molar-refractivity contribution in [3.63, 3.8) is 0 Å². The first-order chi connectivity index (χ1) is 17.7. The van der Waals surface area contributed by atoms with Crippen LogP contribution < -0.4 is 16.0 Å². The lowest BCUT2D eigenvalue weighted by atomic mass is 10.0. The Balaban J connectivity index is 2.31. The molecule has 0 saturated carbocycles. The number of ether oxygens (including phenoxy) is 1. The van der Waals surface area contributed by atoms with E-state index in [1.807, 2.05) is 0 Å². The van der Waals surface area contributed by atoms with Crippen molar-refractivity contribution in [1.29, 1.82) is 0 Å². The number of nitrogens with one attached hydrogen (secondary N) is 3. The number of amides is 1. The quantitative estimate of drug-likeness (QED) is 0.0525. The van der Waals surface area contributed by atoms with Crippen LogP contribution in [-0.4, -0.2) is 34.1 Å². The van der Waals surface area contributed by atoms with Gasteiger partial charge in [-0.15, -0.1) is 0 Å². The zero-order valence-electron chi connectivity index (χ0n) is 22.1. The molecule has 1 amide bonds. The topological polar surface area (TPSA) is 79.5 Å². The number of benzene rings is 1. The molecule has 0 aliphatic rings. The van der Waals surface area contributed by atoms with Crippen molar-refractivity contribution in [2.45, 2.75) is 107 Å². The Morgan fingerprint density at radius 2 is 1.38 bits per heavy atom. The average molecular weight is 595 g/mol. The summed E-state index contributed by atoms with van der Waals surface area (Å²) in [5.41, 5.74) is 0.722. The summed E-state index contributed by atoms with van der Waals surface area (Å²) in [5.74, 6) is -0.750. The third-order valence-corrected chi connectivity index (χ3v) is 6.87. The standard InChI is InChI=1S/C27H42Cl3N3O3S/c1-3-4-5-6-7-8-9-10-11-12-13-14-15-20-23(34)32-25(27(28,29)30)33-26(37)31-22-19-17-16-18-21(22)24(35)36-2/h16-19,25H,3-15,20H2,1-2H3,(H,32,34)(H2,31,33,37)/t25-/m0/s1. The maximum absolute atomic E-state index is 12.5. The van der Waals surface area contributed by atoms with E-state index in [2.05, 4.69) is 22.9 Å². The highest BCUT2D eigenvalue weighted by Gasteiger charge is 2.34. The van der Waals surface area contributed by atoms with E-state index in [-0.39, 0.29) is 11.0 Å². The predicted octanol–water partition coefficient (Wildman–Crippen LogP) is 8.05. The number of alkyl halides is 3. The van der Waals surface area contributed by atoms with E-state index in [1.54, 1.807) is 24.3 Å². The van der Waals surface area contributed by atoms with E-state index in [9.17, 15) is 9.59 Å².